The number of benzene rings is 2. The van der Waals surface area contributed by atoms with Crippen LogP contribution in [-0.2, 0) is 13.5 Å². The number of thiazole rings is 1. The summed E-state index contributed by atoms with van der Waals surface area (Å²) in [5.41, 5.74) is 3.42. The van der Waals surface area contributed by atoms with Crippen LogP contribution in [0.1, 0.15) is 12.7 Å². The summed E-state index contributed by atoms with van der Waals surface area (Å²) < 4.78 is 4.55. The normalized spacial score (nSPS) is 11.6. The Hall–Kier alpha value is -3.26. The van der Waals surface area contributed by atoms with Crippen LogP contribution in [0.5, 0.6) is 0 Å². The van der Waals surface area contributed by atoms with E-state index in [0.717, 1.165) is 44.7 Å². The van der Waals surface area contributed by atoms with Crippen molar-refractivity contribution in [2.24, 2.45) is 7.05 Å². The van der Waals surface area contributed by atoms with Crippen LogP contribution in [0.3, 0.4) is 0 Å². The van der Waals surface area contributed by atoms with E-state index in [1.54, 1.807) is 11.6 Å². The predicted octanol–water partition coefficient (Wildman–Crippen LogP) is 3.50. The van der Waals surface area contributed by atoms with Crippen molar-refractivity contribution in [3.8, 4) is 0 Å². The van der Waals surface area contributed by atoms with Crippen LogP contribution in [0.15, 0.2) is 47.3 Å². The average molecular weight is 376 g/mol. The first-order valence-electron chi connectivity index (χ1n) is 8.65. The molecule has 0 aliphatic rings. The quantitative estimate of drug-likeness (QED) is 0.521. The van der Waals surface area contributed by atoms with Gasteiger partial charge in [-0.05, 0) is 30.3 Å². The van der Waals surface area contributed by atoms with Crippen molar-refractivity contribution in [1.82, 2.24) is 24.1 Å². The Labute approximate surface area is 157 Å². The SMILES string of the molecule is CCc1nnc2c3ccccc3nc(Nc3ccc4c(c3)sc(=O)n4C)n12. The summed E-state index contributed by atoms with van der Waals surface area (Å²) in [6, 6.07) is 13.8. The fourth-order valence-corrected chi connectivity index (χ4v) is 4.21. The van der Waals surface area contributed by atoms with Crippen LogP contribution in [-0.4, -0.2) is 24.1 Å². The van der Waals surface area contributed by atoms with Gasteiger partial charge in [-0.3, -0.25) is 4.79 Å². The molecule has 0 saturated carbocycles. The summed E-state index contributed by atoms with van der Waals surface area (Å²) in [6.45, 7) is 2.04. The molecule has 0 aliphatic heterocycles. The second kappa shape index (κ2) is 5.88. The molecule has 0 atom stereocenters. The minimum Gasteiger partial charge on any atom is -0.325 e. The van der Waals surface area contributed by atoms with E-state index in [1.807, 2.05) is 53.8 Å². The summed E-state index contributed by atoms with van der Waals surface area (Å²) in [5.74, 6) is 1.50. The van der Waals surface area contributed by atoms with E-state index in [9.17, 15) is 4.79 Å². The molecule has 3 aromatic heterocycles. The number of anilines is 2. The highest BCUT2D eigenvalue weighted by atomic mass is 32.1. The predicted molar refractivity (Wildman–Crippen MR) is 108 cm³/mol. The Morgan fingerprint density at radius 3 is 2.85 bits per heavy atom. The summed E-state index contributed by atoms with van der Waals surface area (Å²) >= 11 is 1.23. The van der Waals surface area contributed by atoms with Crippen LogP contribution in [0.4, 0.5) is 11.6 Å². The van der Waals surface area contributed by atoms with Crippen LogP contribution < -0.4 is 10.2 Å². The zero-order valence-electron chi connectivity index (χ0n) is 14.8. The zero-order valence-corrected chi connectivity index (χ0v) is 15.6. The third-order valence-corrected chi connectivity index (χ3v) is 5.67. The number of hydrogen-bond donors (Lipinski definition) is 1. The van der Waals surface area contributed by atoms with Gasteiger partial charge in [0.05, 0.1) is 15.7 Å². The maximum Gasteiger partial charge on any atom is 0.307 e. The minimum atomic E-state index is 0.0282. The molecule has 0 amide bonds. The molecular formula is C19H16N6OS. The lowest BCUT2D eigenvalue weighted by atomic mass is 10.2. The monoisotopic (exact) mass is 376 g/mol. The van der Waals surface area contributed by atoms with Crippen LogP contribution in [0.25, 0.3) is 26.8 Å². The molecule has 0 saturated heterocycles. The van der Waals surface area contributed by atoms with Crippen LogP contribution >= 0.6 is 11.3 Å². The third kappa shape index (κ3) is 2.41. The number of nitrogens with one attached hydrogen (secondary N) is 1. The highest BCUT2D eigenvalue weighted by Crippen LogP contribution is 2.26. The highest BCUT2D eigenvalue weighted by molar-refractivity contribution is 7.16. The number of fused-ring (bicyclic) bond motifs is 4. The smallest absolute Gasteiger partial charge is 0.307 e. The highest BCUT2D eigenvalue weighted by Gasteiger charge is 2.14. The summed E-state index contributed by atoms with van der Waals surface area (Å²) in [6.07, 6.45) is 0.745. The van der Waals surface area contributed by atoms with Crippen molar-refractivity contribution in [2.75, 3.05) is 5.32 Å². The van der Waals surface area contributed by atoms with E-state index in [1.165, 1.54) is 11.3 Å². The third-order valence-electron chi connectivity index (χ3n) is 4.68. The average Bonchev–Trinajstić information content (AvgIpc) is 3.23. The van der Waals surface area contributed by atoms with Gasteiger partial charge >= 0.3 is 4.87 Å². The van der Waals surface area contributed by atoms with Crippen molar-refractivity contribution in [2.45, 2.75) is 13.3 Å². The zero-order chi connectivity index (χ0) is 18.5. The molecule has 0 spiro atoms. The molecule has 134 valence electrons. The second-order valence-corrected chi connectivity index (χ2v) is 7.31. The van der Waals surface area contributed by atoms with E-state index in [2.05, 4.69) is 15.5 Å². The molecule has 5 aromatic rings. The number of hydrogen-bond acceptors (Lipinski definition) is 6. The topological polar surface area (TPSA) is 77.1 Å². The first kappa shape index (κ1) is 16.0. The summed E-state index contributed by atoms with van der Waals surface area (Å²) in [4.78, 5) is 16.7. The Morgan fingerprint density at radius 2 is 2.00 bits per heavy atom. The molecule has 0 aliphatic carbocycles. The second-order valence-electron chi connectivity index (χ2n) is 6.32. The van der Waals surface area contributed by atoms with E-state index in [0.29, 0.717) is 5.95 Å². The summed E-state index contributed by atoms with van der Waals surface area (Å²) in [7, 11) is 1.79. The molecule has 27 heavy (non-hydrogen) atoms. The molecule has 5 rings (SSSR count). The van der Waals surface area contributed by atoms with Crippen molar-refractivity contribution in [1.29, 1.82) is 0 Å². The van der Waals surface area contributed by atoms with Gasteiger partial charge in [0.2, 0.25) is 5.95 Å². The number of aryl methyl sites for hydroxylation is 2. The van der Waals surface area contributed by atoms with Crippen molar-refractivity contribution >= 4 is 49.7 Å². The number of nitrogens with zero attached hydrogens (tertiary/aromatic N) is 5. The van der Waals surface area contributed by atoms with Gasteiger partial charge in [-0.2, -0.15) is 0 Å². The van der Waals surface area contributed by atoms with E-state index in [-0.39, 0.29) is 4.87 Å². The van der Waals surface area contributed by atoms with Gasteiger partial charge in [-0.25, -0.2) is 9.38 Å². The number of rotatable bonds is 3. The molecule has 0 unspecified atom stereocenters. The van der Waals surface area contributed by atoms with Crippen molar-refractivity contribution < 1.29 is 0 Å². The van der Waals surface area contributed by atoms with Crippen molar-refractivity contribution in [3.63, 3.8) is 0 Å². The van der Waals surface area contributed by atoms with Gasteiger partial charge in [0.1, 0.15) is 5.82 Å². The number of para-hydroxylation sites is 1. The van der Waals surface area contributed by atoms with Gasteiger partial charge in [-0.1, -0.05) is 30.4 Å². The maximum absolute atomic E-state index is 11.9. The Morgan fingerprint density at radius 1 is 1.15 bits per heavy atom. The molecule has 1 N–H and O–H groups in total. The van der Waals surface area contributed by atoms with Gasteiger partial charge in [0, 0.05) is 24.5 Å². The van der Waals surface area contributed by atoms with E-state index < -0.39 is 0 Å². The fourth-order valence-electron chi connectivity index (χ4n) is 3.29. The lowest BCUT2D eigenvalue weighted by Gasteiger charge is -2.11. The fraction of sp³-hybridized carbons (Fsp3) is 0.158. The first-order valence-corrected chi connectivity index (χ1v) is 9.46. The molecule has 0 bridgehead atoms. The first-order chi connectivity index (χ1) is 13.2. The lowest BCUT2D eigenvalue weighted by molar-refractivity contribution is 0.904. The Kier molecular flexibility index (Phi) is 3.48. The molecule has 0 radical (unpaired) electrons. The Bertz CT molecular complexity index is 1380. The molecule has 0 fully saturated rings. The van der Waals surface area contributed by atoms with Crippen LogP contribution in [0, 0.1) is 0 Å². The minimum absolute atomic E-state index is 0.0282. The molecule has 2 aromatic carbocycles. The van der Waals surface area contributed by atoms with Gasteiger partial charge in [0.15, 0.2) is 5.65 Å². The molecular weight excluding hydrogens is 360 g/mol. The van der Waals surface area contributed by atoms with Gasteiger partial charge in [-0.15, -0.1) is 10.2 Å². The lowest BCUT2D eigenvalue weighted by Crippen LogP contribution is -2.06. The molecule has 3 heterocycles. The van der Waals surface area contributed by atoms with Crippen molar-refractivity contribution in [3.05, 3.63) is 58.0 Å². The van der Waals surface area contributed by atoms with Crippen LogP contribution in [0.2, 0.25) is 0 Å². The van der Waals surface area contributed by atoms with Gasteiger partial charge in [0.25, 0.3) is 0 Å². The van der Waals surface area contributed by atoms with Gasteiger partial charge < -0.3 is 9.88 Å². The van der Waals surface area contributed by atoms with E-state index >= 15 is 0 Å². The maximum atomic E-state index is 11.9. The molecule has 8 heteroatoms. The number of aromatic nitrogens is 5. The molecule has 7 nitrogen and oxygen atoms in total. The van der Waals surface area contributed by atoms with E-state index in [4.69, 9.17) is 4.98 Å². The Balaban J connectivity index is 1.71. The largest absolute Gasteiger partial charge is 0.325 e. The standard InChI is InChI=1S/C19H16N6OS/c1-3-16-22-23-17-12-6-4-5-7-13(12)21-18(25(16)17)20-11-8-9-14-15(10-11)27-19(26)24(14)2/h4-10H,3H2,1-2H3,(H,20,21). The summed E-state index contributed by atoms with van der Waals surface area (Å²) in [5, 5.41) is 13.0.